The minimum absolute atomic E-state index is 0.112. The molecule has 3 aromatic rings. The molecule has 2 aliphatic rings. The van der Waals surface area contributed by atoms with E-state index in [0.29, 0.717) is 0 Å². The molecule has 228 valence electrons. The summed E-state index contributed by atoms with van der Waals surface area (Å²) in [6.07, 6.45) is -15.5. The Morgan fingerprint density at radius 2 is 1.40 bits per heavy atom. The highest BCUT2D eigenvalue weighted by Crippen LogP contribution is 2.38. The molecule has 5 rings (SSSR count). The molecule has 0 saturated carbocycles. The Balaban J connectivity index is 1.58. The molecule has 42 heavy (non-hydrogen) atoms. The second-order valence-corrected chi connectivity index (χ2v) is 10.1. The van der Waals surface area contributed by atoms with E-state index < -0.39 is 90.3 Å². The normalized spacial score (nSPS) is 33.4. The van der Waals surface area contributed by atoms with Gasteiger partial charge in [-0.1, -0.05) is 0 Å². The van der Waals surface area contributed by atoms with E-state index in [4.69, 9.17) is 23.4 Å². The average molecular weight is 595 g/mol. The van der Waals surface area contributed by atoms with Crippen molar-refractivity contribution in [2.24, 2.45) is 0 Å². The fraction of sp³-hybridized carbons (Fsp3) is 0.444. The van der Waals surface area contributed by atoms with Gasteiger partial charge in [0.05, 0.1) is 12.7 Å². The summed E-state index contributed by atoms with van der Waals surface area (Å²) in [4.78, 5) is 13.7. The second-order valence-electron chi connectivity index (χ2n) is 10.1. The van der Waals surface area contributed by atoms with Crippen molar-refractivity contribution < 1.29 is 69.3 Å². The molecule has 0 amide bonds. The van der Waals surface area contributed by atoms with Crippen molar-refractivity contribution in [3.63, 3.8) is 0 Å². The largest absolute Gasteiger partial charge is 0.508 e. The summed E-state index contributed by atoms with van der Waals surface area (Å²) in [7, 11) is 0. The summed E-state index contributed by atoms with van der Waals surface area (Å²) in [6, 6.07) is 7.53. The fourth-order valence-electron chi connectivity index (χ4n) is 4.76. The highest BCUT2D eigenvalue weighted by atomic mass is 16.7. The number of aliphatic hydroxyl groups excluding tert-OH is 7. The lowest BCUT2D eigenvalue weighted by Gasteiger charge is -2.39. The molecule has 1 aromatic heterocycles. The van der Waals surface area contributed by atoms with E-state index in [0.717, 1.165) is 6.07 Å². The van der Waals surface area contributed by atoms with Gasteiger partial charge in [-0.3, -0.25) is 4.79 Å². The second kappa shape index (κ2) is 11.6. The van der Waals surface area contributed by atoms with Crippen LogP contribution < -0.4 is 14.9 Å². The van der Waals surface area contributed by atoms with E-state index in [2.05, 4.69) is 0 Å². The highest BCUT2D eigenvalue weighted by molar-refractivity contribution is 5.88. The summed E-state index contributed by atoms with van der Waals surface area (Å²) in [5.74, 6) is -1.77. The first-order valence-corrected chi connectivity index (χ1v) is 12.9. The van der Waals surface area contributed by atoms with Gasteiger partial charge in [0.15, 0.2) is 5.76 Å². The Hall–Kier alpha value is -3.51. The van der Waals surface area contributed by atoms with Crippen LogP contribution in [0.15, 0.2) is 45.6 Å². The molecule has 10 atom stereocenters. The number of rotatable bonds is 6. The van der Waals surface area contributed by atoms with Gasteiger partial charge < -0.3 is 69.3 Å². The molecule has 9 N–H and O–H groups in total. The van der Waals surface area contributed by atoms with Crippen molar-refractivity contribution in [2.75, 3.05) is 6.61 Å². The molecule has 2 fully saturated rings. The van der Waals surface area contributed by atoms with Gasteiger partial charge in [-0.05, 0) is 31.2 Å². The van der Waals surface area contributed by atoms with Gasteiger partial charge in [0.1, 0.15) is 70.9 Å². The van der Waals surface area contributed by atoms with Gasteiger partial charge in [0, 0.05) is 17.7 Å². The van der Waals surface area contributed by atoms with Gasteiger partial charge >= 0.3 is 0 Å². The van der Waals surface area contributed by atoms with Gasteiger partial charge in [-0.15, -0.1) is 0 Å². The number of hydrogen-bond donors (Lipinski definition) is 9. The molecule has 0 spiro atoms. The smallest absolute Gasteiger partial charge is 0.239 e. The zero-order valence-corrected chi connectivity index (χ0v) is 21.9. The Morgan fingerprint density at radius 3 is 2.05 bits per heavy atom. The van der Waals surface area contributed by atoms with Crippen LogP contribution in [0.3, 0.4) is 0 Å². The lowest BCUT2D eigenvalue weighted by atomic mass is 9.99. The van der Waals surface area contributed by atoms with Gasteiger partial charge in [-0.25, -0.2) is 0 Å². The van der Waals surface area contributed by atoms with Crippen LogP contribution in [-0.2, 0) is 9.47 Å². The lowest BCUT2D eigenvalue weighted by Crippen LogP contribution is -2.60. The quantitative estimate of drug-likeness (QED) is 0.154. The molecular weight excluding hydrogens is 564 g/mol. The van der Waals surface area contributed by atoms with Gasteiger partial charge in [0.2, 0.25) is 23.8 Å². The molecule has 2 aliphatic heterocycles. The molecular formula is C27H30O15. The molecule has 2 saturated heterocycles. The molecule has 0 radical (unpaired) electrons. The van der Waals surface area contributed by atoms with Crippen molar-refractivity contribution in [1.82, 2.24) is 0 Å². The standard InChI is InChI=1S/C27H30O15/c1-9-17(31)20(34)22(36)26(38-9)39-12-6-13(30)16-14(7-12)40-24(10-2-4-11(29)5-3-10)25(19(16)33)42-27-23(37)21(35)18(32)15(8-28)41-27/h2-7,9,15,17-18,20-23,26-32,34-37H,8H2,1H3/t9-,15+,17+,18+,20-,21-,22-,23+,26-,27-/m0/s1. The third-order valence-electron chi connectivity index (χ3n) is 7.18. The summed E-state index contributed by atoms with van der Waals surface area (Å²) >= 11 is 0. The van der Waals surface area contributed by atoms with Crippen LogP contribution >= 0.6 is 0 Å². The first-order chi connectivity index (χ1) is 19.9. The summed E-state index contributed by atoms with van der Waals surface area (Å²) in [5, 5.41) is 90.7. The first kappa shape index (κ1) is 30.0. The average Bonchev–Trinajstić information content (AvgIpc) is 2.96. The van der Waals surface area contributed by atoms with E-state index in [1.807, 2.05) is 0 Å². The van der Waals surface area contributed by atoms with E-state index in [-0.39, 0.29) is 28.4 Å². The number of phenolic OH excluding ortho intramolecular Hbond substituents is 2. The van der Waals surface area contributed by atoms with Crippen molar-refractivity contribution in [3.05, 3.63) is 46.6 Å². The molecule has 15 heteroatoms. The Bertz CT molecular complexity index is 1470. The molecule has 0 aliphatic carbocycles. The number of ether oxygens (including phenoxy) is 4. The SMILES string of the molecule is C[C@@H]1O[C@@H](Oc2cc(O)c3c(=O)c(O[C@@H]4O[C@H](CO)[C@@H](O)[C@H](O)[C@H]4O)c(-c4ccc(O)cc4)oc3c2)[C@@H](O)[C@@H](O)[C@@H]1O. The zero-order valence-electron chi connectivity index (χ0n) is 21.9. The highest BCUT2D eigenvalue weighted by Gasteiger charge is 2.46. The van der Waals surface area contributed by atoms with E-state index in [1.165, 1.54) is 37.3 Å². The number of aromatic hydroxyl groups is 2. The number of fused-ring (bicyclic) bond motifs is 1. The van der Waals surface area contributed by atoms with E-state index in [9.17, 15) is 50.8 Å². The van der Waals surface area contributed by atoms with Crippen LogP contribution in [0.2, 0.25) is 0 Å². The Morgan fingerprint density at radius 1 is 0.786 bits per heavy atom. The minimum atomic E-state index is -1.87. The molecule has 3 heterocycles. The predicted octanol–water partition coefficient (Wildman–Crippen LogP) is -1.74. The van der Waals surface area contributed by atoms with Gasteiger partial charge in [0.25, 0.3) is 0 Å². The molecule has 2 aromatic carbocycles. The van der Waals surface area contributed by atoms with Crippen molar-refractivity contribution >= 4 is 11.0 Å². The molecule has 0 bridgehead atoms. The topological polar surface area (TPSA) is 249 Å². The summed E-state index contributed by atoms with van der Waals surface area (Å²) in [6.45, 7) is 0.702. The van der Waals surface area contributed by atoms with Crippen LogP contribution in [0.1, 0.15) is 6.92 Å². The number of hydrogen-bond acceptors (Lipinski definition) is 15. The van der Waals surface area contributed by atoms with Crippen LogP contribution in [0.4, 0.5) is 0 Å². The predicted molar refractivity (Wildman–Crippen MR) is 139 cm³/mol. The third-order valence-corrected chi connectivity index (χ3v) is 7.18. The number of phenols is 2. The summed E-state index contributed by atoms with van der Waals surface area (Å²) in [5.41, 5.74) is -1.01. The van der Waals surface area contributed by atoms with Crippen molar-refractivity contribution in [3.8, 4) is 34.3 Å². The summed E-state index contributed by atoms with van der Waals surface area (Å²) < 4.78 is 28.0. The Kier molecular flexibility index (Phi) is 8.30. The van der Waals surface area contributed by atoms with E-state index in [1.54, 1.807) is 0 Å². The maximum atomic E-state index is 13.7. The number of benzene rings is 2. The van der Waals surface area contributed by atoms with Crippen molar-refractivity contribution in [2.45, 2.75) is 68.3 Å². The molecule has 15 nitrogen and oxygen atoms in total. The molecule has 0 unspecified atom stereocenters. The number of aliphatic hydroxyl groups is 7. The fourth-order valence-corrected chi connectivity index (χ4v) is 4.76. The lowest BCUT2D eigenvalue weighted by molar-refractivity contribution is -0.277. The van der Waals surface area contributed by atoms with Crippen molar-refractivity contribution in [1.29, 1.82) is 0 Å². The maximum absolute atomic E-state index is 13.7. The van der Waals surface area contributed by atoms with Crippen LogP contribution in [-0.4, -0.2) is 114 Å². The van der Waals surface area contributed by atoms with Crippen LogP contribution in [0.25, 0.3) is 22.3 Å². The van der Waals surface area contributed by atoms with Gasteiger partial charge in [-0.2, -0.15) is 0 Å². The van der Waals surface area contributed by atoms with Crippen LogP contribution in [0, 0.1) is 0 Å². The first-order valence-electron chi connectivity index (χ1n) is 12.9. The maximum Gasteiger partial charge on any atom is 0.239 e. The Labute approximate surface area is 236 Å². The van der Waals surface area contributed by atoms with Crippen LogP contribution in [0.5, 0.6) is 23.0 Å². The monoisotopic (exact) mass is 594 g/mol. The minimum Gasteiger partial charge on any atom is -0.508 e. The van der Waals surface area contributed by atoms with E-state index >= 15 is 0 Å². The zero-order chi connectivity index (χ0) is 30.5. The third kappa shape index (κ3) is 5.37.